The Kier molecular flexibility index (Phi) is 4.59. The summed E-state index contributed by atoms with van der Waals surface area (Å²) in [5, 5.41) is 3.69. The molecule has 0 spiro atoms. The Morgan fingerprint density at radius 1 is 1.38 bits per heavy atom. The van der Waals surface area contributed by atoms with Crippen LogP contribution < -0.4 is 5.73 Å². The zero-order valence-electron chi connectivity index (χ0n) is 14.0. The van der Waals surface area contributed by atoms with Crippen molar-refractivity contribution in [2.75, 3.05) is 0 Å². The van der Waals surface area contributed by atoms with Crippen LogP contribution in [0.15, 0.2) is 27.6 Å². The molecule has 0 aliphatic carbocycles. The van der Waals surface area contributed by atoms with Crippen LogP contribution in [0.25, 0.3) is 10.1 Å². The molecule has 0 fully saturated rings. The minimum Gasteiger partial charge on any atom is -0.305 e. The minimum absolute atomic E-state index is 0.0818. The maximum atomic E-state index is 6.08. The highest BCUT2D eigenvalue weighted by Gasteiger charge is 2.25. The van der Waals surface area contributed by atoms with E-state index in [1.807, 2.05) is 13.1 Å². The number of aromatic nitrogens is 1. The molecule has 7 heteroatoms. The zero-order chi connectivity index (χ0) is 17.6. The minimum atomic E-state index is -0.613. The van der Waals surface area contributed by atoms with Crippen LogP contribution in [0.1, 0.15) is 44.9 Å². The molecule has 2 N–H and O–H groups in total. The monoisotopic (exact) mass is 378 g/mol. The summed E-state index contributed by atoms with van der Waals surface area (Å²) in [5.41, 5.74) is 8.22. The highest BCUT2D eigenvalue weighted by Crippen LogP contribution is 2.35. The lowest BCUT2D eigenvalue weighted by atomic mass is 9.86. The van der Waals surface area contributed by atoms with Gasteiger partial charge in [-0.3, -0.25) is 4.98 Å². The van der Waals surface area contributed by atoms with Crippen molar-refractivity contribution in [1.29, 1.82) is 0 Å². The van der Waals surface area contributed by atoms with E-state index in [1.165, 1.54) is 15.6 Å². The van der Waals surface area contributed by atoms with Gasteiger partial charge in [-0.1, -0.05) is 44.6 Å². The molecule has 2 atom stereocenters. The van der Waals surface area contributed by atoms with E-state index in [0.717, 1.165) is 5.69 Å². The van der Waals surface area contributed by atoms with Gasteiger partial charge in [0.05, 0.1) is 21.2 Å². The summed E-state index contributed by atoms with van der Waals surface area (Å²) in [5.74, 6) is 0.463. The highest BCUT2D eigenvalue weighted by molar-refractivity contribution is 7.82. The van der Waals surface area contributed by atoms with Gasteiger partial charge in [-0.25, -0.2) is 9.98 Å². The van der Waals surface area contributed by atoms with Crippen LogP contribution in [0.2, 0.25) is 0 Å². The van der Waals surface area contributed by atoms with Crippen LogP contribution in [0.3, 0.4) is 0 Å². The molecule has 2 unspecified atom stereocenters. The van der Waals surface area contributed by atoms with Gasteiger partial charge < -0.3 is 5.73 Å². The van der Waals surface area contributed by atoms with Gasteiger partial charge in [0.25, 0.3) is 0 Å². The molecule has 0 saturated heterocycles. The highest BCUT2D eigenvalue weighted by atomic mass is 35.5. The molecular weight excluding hydrogens is 360 g/mol. The van der Waals surface area contributed by atoms with Gasteiger partial charge in [0.1, 0.15) is 17.2 Å². The smallest absolute Gasteiger partial charge is 0.148 e. The summed E-state index contributed by atoms with van der Waals surface area (Å²) in [7, 11) is 0. The number of hydrogen-bond acceptors (Lipinski definition) is 6. The second-order valence-corrected chi connectivity index (χ2v) is 8.63. The molecule has 0 radical (unpaired) electrons. The quantitative estimate of drug-likeness (QED) is 0.787. The summed E-state index contributed by atoms with van der Waals surface area (Å²) >= 11 is 12.9. The Balaban J connectivity index is 2.04. The number of nitrogens with zero attached hydrogens (tertiary/aromatic N) is 3. The van der Waals surface area contributed by atoms with Crippen LogP contribution in [-0.4, -0.2) is 27.0 Å². The Hall–Kier alpha value is -1.21. The number of aliphatic imine (C=N–C) groups is 2. The molecule has 3 heterocycles. The number of thiophene rings is 1. The zero-order valence-corrected chi connectivity index (χ0v) is 16.4. The number of hydrogen-bond donors (Lipinski definition) is 1. The third-order valence-corrected chi connectivity index (χ3v) is 5.85. The molecule has 0 bridgehead atoms. The average molecular weight is 379 g/mol. The number of nitrogens with two attached hydrogens (primary N) is 1. The second kappa shape index (κ2) is 6.26. The molecule has 1 aliphatic rings. The fourth-order valence-corrected chi connectivity index (χ4v) is 4.05. The van der Waals surface area contributed by atoms with Crippen molar-refractivity contribution < 1.29 is 0 Å². The van der Waals surface area contributed by atoms with Crippen molar-refractivity contribution in [1.82, 2.24) is 4.98 Å². The molecule has 2 aromatic heterocycles. The van der Waals surface area contributed by atoms with Crippen LogP contribution in [0.4, 0.5) is 0 Å². The molecule has 24 heavy (non-hydrogen) atoms. The molecule has 0 amide bonds. The van der Waals surface area contributed by atoms with Crippen molar-refractivity contribution in [3.63, 3.8) is 0 Å². The van der Waals surface area contributed by atoms with Crippen molar-refractivity contribution in [3.8, 4) is 0 Å². The van der Waals surface area contributed by atoms with Gasteiger partial charge in [0, 0.05) is 6.20 Å². The lowest BCUT2D eigenvalue weighted by Gasteiger charge is -2.20. The molecule has 126 valence electrons. The maximum absolute atomic E-state index is 6.08. The van der Waals surface area contributed by atoms with E-state index in [4.69, 9.17) is 29.6 Å². The Morgan fingerprint density at radius 2 is 2.08 bits per heavy atom. The SMILES string of the molecule is CC(C1=NC(N)C(=S)C(Cl)=N1)c1cc2c(C(C)(C)C)csc2cn1. The first-order valence-corrected chi connectivity index (χ1v) is 9.34. The lowest BCUT2D eigenvalue weighted by molar-refractivity contribution is 0.598. The van der Waals surface area contributed by atoms with Crippen LogP contribution >= 0.6 is 35.2 Å². The molecule has 1 aliphatic heterocycles. The fraction of sp³-hybridized carbons (Fsp3) is 0.412. The Labute approximate surface area is 155 Å². The molecular formula is C17H19ClN4S2. The van der Waals surface area contributed by atoms with Gasteiger partial charge in [0.2, 0.25) is 0 Å². The summed E-state index contributed by atoms with van der Waals surface area (Å²) in [4.78, 5) is 13.6. The summed E-state index contributed by atoms with van der Waals surface area (Å²) in [6.45, 7) is 8.65. The summed E-state index contributed by atoms with van der Waals surface area (Å²) in [6.07, 6.45) is 1.30. The lowest BCUT2D eigenvalue weighted by Crippen LogP contribution is -2.36. The van der Waals surface area contributed by atoms with E-state index < -0.39 is 6.17 Å². The van der Waals surface area contributed by atoms with Crippen LogP contribution in [0.5, 0.6) is 0 Å². The van der Waals surface area contributed by atoms with Crippen molar-refractivity contribution in [3.05, 3.63) is 28.9 Å². The van der Waals surface area contributed by atoms with Crippen molar-refractivity contribution in [2.45, 2.75) is 45.2 Å². The normalized spacial score (nSPS) is 20.1. The first kappa shape index (κ1) is 17.6. The Bertz CT molecular complexity index is 876. The fourth-order valence-electron chi connectivity index (χ4n) is 2.62. The van der Waals surface area contributed by atoms with E-state index in [1.54, 1.807) is 11.3 Å². The van der Waals surface area contributed by atoms with Crippen molar-refractivity contribution >= 4 is 61.1 Å². The summed E-state index contributed by atoms with van der Waals surface area (Å²) < 4.78 is 1.18. The van der Waals surface area contributed by atoms with E-state index in [-0.39, 0.29) is 16.5 Å². The number of amidine groups is 1. The van der Waals surface area contributed by atoms with E-state index in [2.05, 4.69) is 47.2 Å². The number of halogens is 1. The first-order valence-electron chi connectivity index (χ1n) is 7.68. The first-order chi connectivity index (χ1) is 11.2. The van der Waals surface area contributed by atoms with Crippen LogP contribution in [0, 0.1) is 0 Å². The topological polar surface area (TPSA) is 63.6 Å². The van der Waals surface area contributed by atoms with Gasteiger partial charge in [-0.15, -0.1) is 11.3 Å². The standard InChI is InChI=1S/C17H19ClN4S2/c1-8(16-21-14(18)13(23)15(19)22-16)11-5-9-10(17(2,3)4)7-24-12(9)6-20-11/h5-8,15H,19H2,1-4H3. The van der Waals surface area contributed by atoms with Gasteiger partial charge in [0.15, 0.2) is 0 Å². The van der Waals surface area contributed by atoms with Crippen molar-refractivity contribution in [2.24, 2.45) is 15.7 Å². The molecule has 3 rings (SSSR count). The predicted octanol–water partition coefficient (Wildman–Crippen LogP) is 4.40. The average Bonchev–Trinajstić information content (AvgIpc) is 2.94. The second-order valence-electron chi connectivity index (χ2n) is 6.93. The van der Waals surface area contributed by atoms with Gasteiger partial charge >= 0.3 is 0 Å². The summed E-state index contributed by atoms with van der Waals surface area (Å²) in [6, 6.07) is 2.13. The third-order valence-electron chi connectivity index (χ3n) is 4.08. The van der Waals surface area contributed by atoms with Gasteiger partial charge in [-0.05, 0) is 34.7 Å². The third kappa shape index (κ3) is 3.16. The molecule has 4 nitrogen and oxygen atoms in total. The molecule has 2 aromatic rings. The Morgan fingerprint density at radius 3 is 2.71 bits per heavy atom. The molecule has 0 aromatic carbocycles. The number of rotatable bonds is 2. The van der Waals surface area contributed by atoms with Crippen LogP contribution in [-0.2, 0) is 5.41 Å². The van der Waals surface area contributed by atoms with E-state index >= 15 is 0 Å². The van der Waals surface area contributed by atoms with E-state index in [0.29, 0.717) is 10.7 Å². The predicted molar refractivity (Wildman–Crippen MR) is 108 cm³/mol. The van der Waals surface area contributed by atoms with E-state index in [9.17, 15) is 0 Å². The largest absolute Gasteiger partial charge is 0.305 e. The number of pyridine rings is 1. The van der Waals surface area contributed by atoms with Gasteiger partial charge in [-0.2, -0.15) is 0 Å². The number of fused-ring (bicyclic) bond motifs is 1. The maximum Gasteiger partial charge on any atom is 0.148 e. The number of thiocarbonyl (C=S) groups is 1. The molecule has 0 saturated carbocycles.